The van der Waals surface area contributed by atoms with E-state index in [-0.39, 0.29) is 131 Å². The van der Waals surface area contributed by atoms with E-state index in [9.17, 15) is 58.8 Å². The number of aliphatic hydroxyl groups is 4. The molecule has 0 aromatic rings. The van der Waals surface area contributed by atoms with Gasteiger partial charge in [0.05, 0.1) is 13.9 Å². The minimum absolute atomic E-state index is 0. The number of allylic oxidation sites excluding steroid dienone is 8. The van der Waals surface area contributed by atoms with E-state index in [4.69, 9.17) is 0 Å². The summed E-state index contributed by atoms with van der Waals surface area (Å²) in [6.07, 6.45) is 14.4. The fraction of sp³-hybridized carbons (Fsp3) is 0.690. The second kappa shape index (κ2) is 16.4. The van der Waals surface area contributed by atoms with Crippen molar-refractivity contribution >= 4 is 36.7 Å². The number of aliphatic hydroxyl groups excluding tert-OH is 2. The number of Topliss-reactive ketones (excluding diaryl/α,β-unsaturated/α-hetero) is 3. The Morgan fingerprint density at radius 2 is 1.29 bits per heavy atom. The molecule has 0 spiro atoms. The molecule has 0 amide bonds. The summed E-state index contributed by atoms with van der Waals surface area (Å²) >= 11 is 0. The number of phosphoric acid groups is 1. The van der Waals surface area contributed by atoms with Gasteiger partial charge in [-0.05, 0) is 106 Å². The topological polar surface area (TPSA) is 239 Å². The van der Waals surface area contributed by atoms with Crippen molar-refractivity contribution in [1.29, 1.82) is 0 Å². The van der Waals surface area contributed by atoms with Gasteiger partial charge >= 0.3 is 59.1 Å². The first kappa shape index (κ1) is 48.3. The molecule has 8 rings (SSSR count). The van der Waals surface area contributed by atoms with Crippen molar-refractivity contribution in [3.63, 3.8) is 0 Å². The van der Waals surface area contributed by atoms with Crippen LogP contribution in [0.1, 0.15) is 91.9 Å². The molecule has 6 saturated carbocycles. The molecule has 4 N–H and O–H groups in total. The Balaban J connectivity index is 0.000000215. The van der Waals surface area contributed by atoms with Crippen LogP contribution >= 0.6 is 7.82 Å². The van der Waals surface area contributed by atoms with Gasteiger partial charge in [-0.3, -0.25) is 24.0 Å². The summed E-state index contributed by atoms with van der Waals surface area (Å²) in [5.41, 5.74) is -4.13. The molecule has 16 heteroatoms. The average Bonchev–Trinajstić information content (AvgIpc) is 3.55. The largest absolute Gasteiger partial charge is 1.00 e. The molecular formula is C42H53Na2O13P. The van der Waals surface area contributed by atoms with Crippen molar-refractivity contribution in [2.45, 2.75) is 109 Å². The minimum atomic E-state index is -5.34. The standard InChI is InChI=1S/C21H29O8P.C21H26O5.2Na/c1-19-7-5-13(22)9-12(19)3-4-14-15-6-8-21(25,17(24)11-29-30(26,27)28)20(15,2)10-16(23)18(14)19;1-19-7-5-13(23)9-12(19)3-4-14-15-6-8-21(26,17(25)11-22)20(15,2)10-16(24)18(14)19;;/h5,7,9,14-16,18,23,25H,3-4,6,8,10-11H2,1-2H3,(H2,26,27,28);5,7,9,14-15,18,22,26H,3-4,6,8,10-11H2,1-2H3;;/q;;2*+1/p-2/t14-,15-,16-,18+,19-,20-,21-;14-,15-,18+,19-,20-,21-;;/m00../s1. The van der Waals surface area contributed by atoms with Crippen molar-refractivity contribution in [1.82, 2.24) is 0 Å². The van der Waals surface area contributed by atoms with Gasteiger partial charge in [0, 0.05) is 39.9 Å². The minimum Gasteiger partial charge on any atom is -0.790 e. The number of carbonyl (C=O) groups is 5. The molecular weight excluding hydrogens is 789 g/mol. The van der Waals surface area contributed by atoms with Gasteiger partial charge in [0.15, 0.2) is 23.1 Å². The van der Waals surface area contributed by atoms with Crippen molar-refractivity contribution < 1.29 is 122 Å². The fourth-order valence-corrected chi connectivity index (χ4v) is 13.9. The van der Waals surface area contributed by atoms with Crippen molar-refractivity contribution in [3.05, 3.63) is 47.6 Å². The number of carbonyl (C=O) groups excluding carboxylic acids is 5. The van der Waals surface area contributed by atoms with Gasteiger partial charge in [0.2, 0.25) is 0 Å². The van der Waals surface area contributed by atoms with Crippen LogP contribution in [0.25, 0.3) is 0 Å². The van der Waals surface area contributed by atoms with E-state index in [1.54, 1.807) is 31.2 Å². The number of phosphoric ester groups is 1. The first-order valence-electron chi connectivity index (χ1n) is 19.9. The number of hydrogen-bond donors (Lipinski definition) is 4. The van der Waals surface area contributed by atoms with Crippen LogP contribution in [0.4, 0.5) is 0 Å². The van der Waals surface area contributed by atoms with E-state index >= 15 is 0 Å². The quantitative estimate of drug-likeness (QED) is 0.148. The smallest absolute Gasteiger partial charge is 0.790 e. The molecule has 58 heavy (non-hydrogen) atoms. The van der Waals surface area contributed by atoms with Gasteiger partial charge in [0.1, 0.15) is 30.2 Å². The average molecular weight is 843 g/mol. The molecule has 13 nitrogen and oxygen atoms in total. The molecule has 0 radical (unpaired) electrons. The molecule has 0 saturated heterocycles. The van der Waals surface area contributed by atoms with E-state index in [1.807, 2.05) is 32.9 Å². The molecule has 0 aromatic carbocycles. The molecule has 306 valence electrons. The molecule has 0 heterocycles. The predicted molar refractivity (Wildman–Crippen MR) is 196 cm³/mol. The van der Waals surface area contributed by atoms with Gasteiger partial charge in [-0.15, -0.1) is 0 Å². The normalized spacial score (nSPS) is 44.6. The number of fused-ring (bicyclic) bond motifs is 10. The Kier molecular flexibility index (Phi) is 13.7. The Bertz CT molecular complexity index is 1940. The van der Waals surface area contributed by atoms with Crippen LogP contribution in [0, 0.1) is 57.2 Å². The van der Waals surface area contributed by atoms with Crippen molar-refractivity contribution in [3.8, 4) is 0 Å². The van der Waals surface area contributed by atoms with Crippen molar-refractivity contribution in [2.75, 3.05) is 13.2 Å². The Hall–Kier alpha value is -0.740. The summed E-state index contributed by atoms with van der Waals surface area (Å²) < 4.78 is 14.9. The maximum Gasteiger partial charge on any atom is 1.00 e. The van der Waals surface area contributed by atoms with E-state index < -0.39 is 71.6 Å². The molecule has 0 unspecified atom stereocenters. The van der Waals surface area contributed by atoms with Gasteiger partial charge in [0.25, 0.3) is 0 Å². The van der Waals surface area contributed by atoms with E-state index in [0.29, 0.717) is 25.7 Å². The monoisotopic (exact) mass is 842 g/mol. The Labute approximate surface area is 383 Å². The van der Waals surface area contributed by atoms with Gasteiger partial charge in [-0.25, -0.2) is 0 Å². The molecule has 13 atom stereocenters. The molecule has 0 aliphatic heterocycles. The van der Waals surface area contributed by atoms with Crippen LogP contribution in [-0.2, 0) is 33.1 Å². The molecule has 0 aromatic heterocycles. The van der Waals surface area contributed by atoms with Gasteiger partial charge in [-0.1, -0.05) is 51.0 Å². The zero-order valence-corrected chi connectivity index (χ0v) is 39.3. The van der Waals surface area contributed by atoms with Gasteiger partial charge in [-0.2, -0.15) is 0 Å². The summed E-state index contributed by atoms with van der Waals surface area (Å²) in [5, 5.41) is 43.0. The van der Waals surface area contributed by atoms with E-state index in [2.05, 4.69) is 4.52 Å². The molecule has 0 bridgehead atoms. The summed E-state index contributed by atoms with van der Waals surface area (Å²) in [6.45, 7) is 5.99. The summed E-state index contributed by atoms with van der Waals surface area (Å²) in [4.78, 5) is 83.6. The zero-order chi connectivity index (χ0) is 41.0. The molecule has 8 aliphatic carbocycles. The first-order chi connectivity index (χ1) is 26.0. The number of rotatable bonds is 6. The zero-order valence-electron chi connectivity index (χ0n) is 34.4. The van der Waals surface area contributed by atoms with Crippen LogP contribution in [0.5, 0.6) is 0 Å². The number of ketones is 5. The SMILES string of the molecule is C[C@]12C=CC(=O)C=C1CC[C@@H]1[C@@H]2C(=O)C[C@@]2(C)[C@H]1CC[C@]2(O)C(=O)CO.C[C@]12C=CC(=O)C=C1CC[C@@H]1[C@@H]2[C@@H](O)C[C@@]2(C)[C@H]1CC[C@]2(O)C(=O)COP(=O)([O-])[O-].[Na+].[Na+]. The van der Waals surface area contributed by atoms with Crippen molar-refractivity contribution in [2.24, 2.45) is 57.2 Å². The number of hydrogen-bond acceptors (Lipinski definition) is 13. The van der Waals surface area contributed by atoms with Gasteiger partial charge < -0.3 is 39.3 Å². The molecule has 6 fully saturated rings. The second-order valence-electron chi connectivity index (χ2n) is 18.8. The van der Waals surface area contributed by atoms with Crippen LogP contribution in [-0.4, -0.2) is 79.9 Å². The maximum absolute atomic E-state index is 13.3. The third kappa shape index (κ3) is 7.30. The fourth-order valence-electron chi connectivity index (χ4n) is 13.7. The van der Waals surface area contributed by atoms with Crippen LogP contribution in [0.3, 0.4) is 0 Å². The van der Waals surface area contributed by atoms with E-state index in [0.717, 1.165) is 30.4 Å². The van der Waals surface area contributed by atoms with E-state index in [1.165, 1.54) is 0 Å². The van der Waals surface area contributed by atoms with Crippen LogP contribution in [0.15, 0.2) is 47.6 Å². The predicted octanol–water partition coefficient (Wildman–Crippen LogP) is -3.82. The van der Waals surface area contributed by atoms with Crippen LogP contribution < -0.4 is 68.9 Å². The molecule has 8 aliphatic rings. The first-order valence-corrected chi connectivity index (χ1v) is 21.3. The summed E-state index contributed by atoms with van der Waals surface area (Å²) in [6, 6.07) is 0. The maximum atomic E-state index is 13.3. The third-order valence-electron chi connectivity index (χ3n) is 16.5. The third-order valence-corrected chi connectivity index (χ3v) is 16.9. The second-order valence-corrected chi connectivity index (χ2v) is 19.9. The Morgan fingerprint density at radius 3 is 1.84 bits per heavy atom. The van der Waals surface area contributed by atoms with Crippen LogP contribution in [0.2, 0.25) is 0 Å². The Morgan fingerprint density at radius 1 is 0.793 bits per heavy atom. The summed E-state index contributed by atoms with van der Waals surface area (Å²) in [5.74, 6) is -1.64. The summed E-state index contributed by atoms with van der Waals surface area (Å²) in [7, 11) is -5.34.